The summed E-state index contributed by atoms with van der Waals surface area (Å²) < 4.78 is 1.24. The molecular weight excluding hydrogens is 300 g/mol. The summed E-state index contributed by atoms with van der Waals surface area (Å²) in [4.78, 5) is 21.4. The van der Waals surface area contributed by atoms with Gasteiger partial charge in [-0.2, -0.15) is 0 Å². The quantitative estimate of drug-likeness (QED) is 0.670. The largest absolute Gasteiger partial charge is 0.476 e. The Kier molecular flexibility index (Phi) is 4.18. The van der Waals surface area contributed by atoms with Crippen LogP contribution in [0.25, 0.3) is 5.69 Å². The van der Waals surface area contributed by atoms with E-state index in [0.29, 0.717) is 18.5 Å². The minimum atomic E-state index is -1.20. The van der Waals surface area contributed by atoms with Gasteiger partial charge in [-0.25, -0.2) is 9.48 Å². The van der Waals surface area contributed by atoms with Gasteiger partial charge in [-0.3, -0.25) is 10.1 Å². The van der Waals surface area contributed by atoms with E-state index in [4.69, 9.17) is 16.7 Å². The molecule has 0 bridgehead atoms. The van der Waals surface area contributed by atoms with Gasteiger partial charge in [-0.05, 0) is 12.5 Å². The number of nitrogens with zero attached hydrogens (tertiary/aromatic N) is 4. The van der Waals surface area contributed by atoms with Gasteiger partial charge in [0.25, 0.3) is 5.69 Å². The van der Waals surface area contributed by atoms with Crippen LogP contribution in [0.15, 0.2) is 18.2 Å². The van der Waals surface area contributed by atoms with Gasteiger partial charge in [0.2, 0.25) is 0 Å². The van der Waals surface area contributed by atoms with Crippen LogP contribution in [0, 0.1) is 10.1 Å². The first kappa shape index (κ1) is 14.9. The van der Waals surface area contributed by atoms with Crippen molar-refractivity contribution in [3.8, 4) is 5.69 Å². The summed E-state index contributed by atoms with van der Waals surface area (Å²) in [5.41, 5.74) is 0.241. The van der Waals surface area contributed by atoms with Crippen LogP contribution in [0.1, 0.15) is 29.5 Å². The summed E-state index contributed by atoms with van der Waals surface area (Å²) >= 11 is 6.04. The third-order valence-electron chi connectivity index (χ3n) is 2.82. The summed E-state index contributed by atoms with van der Waals surface area (Å²) in [6, 6.07) is 3.87. The predicted octanol–water partition coefficient (Wildman–Crippen LogP) is 2.48. The fourth-order valence-electron chi connectivity index (χ4n) is 1.90. The lowest BCUT2D eigenvalue weighted by atomic mass is 10.2. The smallest absolute Gasteiger partial charge is 0.358 e. The highest BCUT2D eigenvalue weighted by atomic mass is 35.5. The molecule has 2 aromatic rings. The summed E-state index contributed by atoms with van der Waals surface area (Å²) in [7, 11) is 0. The number of aromatic nitrogens is 3. The Morgan fingerprint density at radius 2 is 2.24 bits per heavy atom. The van der Waals surface area contributed by atoms with Gasteiger partial charge in [0, 0.05) is 12.1 Å². The molecule has 1 aromatic carbocycles. The molecule has 1 N–H and O–H groups in total. The van der Waals surface area contributed by atoms with Crippen molar-refractivity contribution in [1.82, 2.24) is 15.0 Å². The molecule has 0 aliphatic heterocycles. The van der Waals surface area contributed by atoms with E-state index in [9.17, 15) is 14.9 Å². The highest BCUT2D eigenvalue weighted by Crippen LogP contribution is 2.27. The number of carboxylic acids is 1. The number of halogens is 1. The first-order valence-corrected chi connectivity index (χ1v) is 6.45. The van der Waals surface area contributed by atoms with E-state index in [1.54, 1.807) is 0 Å². The molecule has 0 fully saturated rings. The fourth-order valence-corrected chi connectivity index (χ4v) is 2.10. The third-order valence-corrected chi connectivity index (χ3v) is 3.14. The Hall–Kier alpha value is -2.48. The van der Waals surface area contributed by atoms with Crippen molar-refractivity contribution >= 4 is 23.3 Å². The maximum absolute atomic E-state index is 11.1. The number of nitro benzene ring substituents is 1. The molecule has 0 unspecified atom stereocenters. The zero-order chi connectivity index (χ0) is 15.6. The monoisotopic (exact) mass is 310 g/mol. The number of hydrogen-bond acceptors (Lipinski definition) is 5. The van der Waals surface area contributed by atoms with E-state index < -0.39 is 10.9 Å². The Labute approximate surface area is 124 Å². The number of benzene rings is 1. The standard InChI is InChI=1S/C12H11ClN4O4/c1-2-3-9-11(12(18)19)14-15-16(9)10-6-7(17(20)21)4-5-8(10)13/h4-6H,2-3H2,1H3,(H,18,19). The topological polar surface area (TPSA) is 111 Å². The second-order valence-corrected chi connectivity index (χ2v) is 4.65. The number of nitro groups is 1. The minimum Gasteiger partial charge on any atom is -0.476 e. The van der Waals surface area contributed by atoms with E-state index in [1.165, 1.54) is 22.9 Å². The van der Waals surface area contributed by atoms with Crippen molar-refractivity contribution in [3.63, 3.8) is 0 Å². The van der Waals surface area contributed by atoms with Crippen LogP contribution < -0.4 is 0 Å². The molecule has 110 valence electrons. The summed E-state index contributed by atoms with van der Waals surface area (Å²) in [6.07, 6.45) is 1.08. The van der Waals surface area contributed by atoms with Crippen LogP contribution in [0.4, 0.5) is 5.69 Å². The average Bonchev–Trinajstić information content (AvgIpc) is 2.83. The van der Waals surface area contributed by atoms with Crippen molar-refractivity contribution in [1.29, 1.82) is 0 Å². The van der Waals surface area contributed by atoms with E-state index in [2.05, 4.69) is 10.3 Å². The molecule has 2 rings (SSSR count). The second kappa shape index (κ2) is 5.88. The molecule has 9 heteroatoms. The van der Waals surface area contributed by atoms with Crippen molar-refractivity contribution in [2.75, 3.05) is 0 Å². The fraction of sp³-hybridized carbons (Fsp3) is 0.250. The average molecular weight is 311 g/mol. The molecule has 0 aliphatic rings. The lowest BCUT2D eigenvalue weighted by Crippen LogP contribution is -2.07. The highest BCUT2D eigenvalue weighted by molar-refractivity contribution is 6.32. The zero-order valence-corrected chi connectivity index (χ0v) is 11.7. The summed E-state index contributed by atoms with van der Waals surface area (Å²) in [6.45, 7) is 1.87. The van der Waals surface area contributed by atoms with Crippen LogP contribution >= 0.6 is 11.6 Å². The minimum absolute atomic E-state index is 0.163. The van der Waals surface area contributed by atoms with Crippen LogP contribution in [-0.2, 0) is 6.42 Å². The van der Waals surface area contributed by atoms with Gasteiger partial charge >= 0.3 is 5.97 Å². The van der Waals surface area contributed by atoms with E-state index in [1.807, 2.05) is 6.92 Å². The number of carboxylic acid groups (broad SMARTS) is 1. The van der Waals surface area contributed by atoms with Gasteiger partial charge in [-0.15, -0.1) is 5.10 Å². The van der Waals surface area contributed by atoms with Crippen molar-refractivity contribution < 1.29 is 14.8 Å². The zero-order valence-electron chi connectivity index (χ0n) is 11.0. The van der Waals surface area contributed by atoms with Gasteiger partial charge in [0.05, 0.1) is 21.3 Å². The number of rotatable bonds is 5. The third kappa shape index (κ3) is 2.84. The maximum atomic E-state index is 11.1. The number of aromatic carboxylic acids is 1. The lowest BCUT2D eigenvalue weighted by molar-refractivity contribution is -0.384. The summed E-state index contributed by atoms with van der Waals surface area (Å²) in [5, 5.41) is 27.6. The Morgan fingerprint density at radius 3 is 2.81 bits per heavy atom. The SMILES string of the molecule is CCCc1c(C(=O)O)nnn1-c1cc([N+](=O)[O-])ccc1Cl. The normalized spacial score (nSPS) is 10.6. The number of hydrogen-bond donors (Lipinski definition) is 1. The van der Waals surface area contributed by atoms with Gasteiger partial charge in [0.1, 0.15) is 0 Å². The van der Waals surface area contributed by atoms with Crippen molar-refractivity contribution in [2.45, 2.75) is 19.8 Å². The first-order chi connectivity index (χ1) is 9.95. The molecular formula is C12H11ClN4O4. The molecule has 21 heavy (non-hydrogen) atoms. The predicted molar refractivity (Wildman–Crippen MR) is 74.0 cm³/mol. The Balaban J connectivity index is 2.63. The van der Waals surface area contributed by atoms with Crippen LogP contribution in [0.3, 0.4) is 0 Å². The second-order valence-electron chi connectivity index (χ2n) is 4.24. The van der Waals surface area contributed by atoms with Gasteiger partial charge < -0.3 is 5.11 Å². The van der Waals surface area contributed by atoms with Crippen molar-refractivity contribution in [3.05, 3.63) is 44.7 Å². The van der Waals surface area contributed by atoms with E-state index >= 15 is 0 Å². The highest BCUT2D eigenvalue weighted by Gasteiger charge is 2.21. The molecule has 0 radical (unpaired) electrons. The van der Waals surface area contributed by atoms with Gasteiger partial charge in [0.15, 0.2) is 5.69 Å². The van der Waals surface area contributed by atoms with Crippen LogP contribution in [0.2, 0.25) is 5.02 Å². The van der Waals surface area contributed by atoms with Crippen molar-refractivity contribution in [2.24, 2.45) is 0 Å². The molecule has 1 heterocycles. The molecule has 0 saturated heterocycles. The van der Waals surface area contributed by atoms with Crippen LogP contribution in [0.5, 0.6) is 0 Å². The molecule has 8 nitrogen and oxygen atoms in total. The van der Waals surface area contributed by atoms with Crippen LogP contribution in [-0.4, -0.2) is 31.0 Å². The Bertz CT molecular complexity index is 713. The molecule has 0 amide bonds. The molecule has 1 aromatic heterocycles. The maximum Gasteiger partial charge on any atom is 0.358 e. The van der Waals surface area contributed by atoms with Gasteiger partial charge in [-0.1, -0.05) is 30.2 Å². The molecule has 0 aliphatic carbocycles. The Morgan fingerprint density at radius 1 is 1.52 bits per heavy atom. The van der Waals surface area contributed by atoms with E-state index in [0.717, 1.165) is 0 Å². The molecule has 0 saturated carbocycles. The number of non-ortho nitro benzene ring substituents is 1. The molecule has 0 atom stereocenters. The van der Waals surface area contributed by atoms with E-state index in [-0.39, 0.29) is 22.1 Å². The summed E-state index contributed by atoms with van der Waals surface area (Å²) in [5.74, 6) is -1.20. The number of carbonyl (C=O) groups is 1. The first-order valence-electron chi connectivity index (χ1n) is 6.07. The lowest BCUT2D eigenvalue weighted by Gasteiger charge is -2.07. The molecule has 0 spiro atoms.